The Morgan fingerprint density at radius 2 is 1.92 bits per heavy atom. The second kappa shape index (κ2) is 9.25. The molecule has 36 heavy (non-hydrogen) atoms. The molecule has 0 radical (unpaired) electrons. The lowest BCUT2D eigenvalue weighted by molar-refractivity contribution is -0.133. The van der Waals surface area contributed by atoms with E-state index >= 15 is 0 Å². The molecule has 5 rings (SSSR count). The van der Waals surface area contributed by atoms with E-state index in [1.807, 2.05) is 24.0 Å². The van der Waals surface area contributed by atoms with Gasteiger partial charge in [-0.15, -0.1) is 0 Å². The van der Waals surface area contributed by atoms with E-state index in [0.29, 0.717) is 18.1 Å². The van der Waals surface area contributed by atoms with Gasteiger partial charge in [0.25, 0.3) is 5.91 Å². The van der Waals surface area contributed by atoms with Crippen LogP contribution in [-0.4, -0.2) is 64.3 Å². The van der Waals surface area contributed by atoms with Gasteiger partial charge in [0.1, 0.15) is 6.54 Å². The second-order valence-corrected chi connectivity index (χ2v) is 11.9. The van der Waals surface area contributed by atoms with E-state index in [2.05, 4.69) is 30.3 Å². The minimum atomic E-state index is -0.121. The molecule has 2 aromatic rings. The number of hydrogen-bond donors (Lipinski definition) is 1. The van der Waals surface area contributed by atoms with E-state index in [-0.39, 0.29) is 41.6 Å². The van der Waals surface area contributed by atoms with Gasteiger partial charge in [-0.1, -0.05) is 32.0 Å². The van der Waals surface area contributed by atoms with Crippen LogP contribution in [0.15, 0.2) is 24.8 Å². The number of halogens is 1. The molecule has 192 valence electrons. The van der Waals surface area contributed by atoms with Crippen molar-refractivity contribution in [1.82, 2.24) is 19.7 Å². The highest BCUT2D eigenvalue weighted by molar-refractivity contribution is 6.31. The molecule has 0 spiro atoms. The number of nitrogens with one attached hydrogen (secondary N) is 1. The summed E-state index contributed by atoms with van der Waals surface area (Å²) < 4.78 is 2.06. The number of likely N-dealkylation sites (tertiary alicyclic amines) is 2. The largest absolute Gasteiger partial charge is 0.348 e. The molecule has 0 atom stereocenters. The second-order valence-electron chi connectivity index (χ2n) is 11.4. The molecule has 1 aromatic carbocycles. The van der Waals surface area contributed by atoms with Crippen molar-refractivity contribution in [2.75, 3.05) is 26.2 Å². The number of aryl methyl sites for hydroxylation is 1. The van der Waals surface area contributed by atoms with Gasteiger partial charge in [-0.3, -0.25) is 14.4 Å². The van der Waals surface area contributed by atoms with Gasteiger partial charge in [0.15, 0.2) is 0 Å². The number of amides is 3. The zero-order valence-electron chi connectivity index (χ0n) is 21.4. The van der Waals surface area contributed by atoms with E-state index in [1.54, 1.807) is 4.90 Å². The average molecular weight is 511 g/mol. The van der Waals surface area contributed by atoms with Crippen molar-refractivity contribution < 1.29 is 14.4 Å². The molecule has 7 nitrogen and oxygen atoms in total. The van der Waals surface area contributed by atoms with Gasteiger partial charge in [-0.05, 0) is 61.8 Å². The van der Waals surface area contributed by atoms with E-state index < -0.39 is 0 Å². The fourth-order valence-electron chi connectivity index (χ4n) is 5.90. The Balaban J connectivity index is 1.49. The van der Waals surface area contributed by atoms with Gasteiger partial charge >= 0.3 is 0 Å². The monoisotopic (exact) mass is 510 g/mol. The summed E-state index contributed by atoms with van der Waals surface area (Å²) in [5.41, 5.74) is 3.64. The molecule has 3 fully saturated rings. The van der Waals surface area contributed by atoms with Gasteiger partial charge in [0.05, 0.1) is 17.1 Å². The number of aromatic nitrogens is 1. The molecule has 1 aromatic heterocycles. The lowest BCUT2D eigenvalue weighted by atomic mass is 9.84. The Kier molecular flexibility index (Phi) is 6.39. The fourth-order valence-corrected chi connectivity index (χ4v) is 6.17. The predicted molar refractivity (Wildman–Crippen MR) is 141 cm³/mol. The SMILES string of the molecule is C=CC(=O)N1CC(NC(=O)Cn2c(C3CC3)c(C(=O)N3CCCC(C)(C)C3)c3cc(Cl)cc(C)c32)C1. The van der Waals surface area contributed by atoms with Crippen LogP contribution in [0.5, 0.6) is 0 Å². The highest BCUT2D eigenvalue weighted by atomic mass is 35.5. The first kappa shape index (κ1) is 24.9. The summed E-state index contributed by atoms with van der Waals surface area (Å²) in [4.78, 5) is 42.6. The van der Waals surface area contributed by atoms with Gasteiger partial charge in [-0.25, -0.2) is 0 Å². The number of benzene rings is 1. The number of rotatable bonds is 6. The molecule has 1 aliphatic carbocycles. The van der Waals surface area contributed by atoms with Crippen molar-refractivity contribution in [3.8, 4) is 0 Å². The zero-order chi connectivity index (χ0) is 25.8. The third kappa shape index (κ3) is 4.65. The van der Waals surface area contributed by atoms with Gasteiger partial charge in [0.2, 0.25) is 11.8 Å². The molecule has 2 aliphatic heterocycles. The summed E-state index contributed by atoms with van der Waals surface area (Å²) >= 11 is 6.49. The first-order valence-corrected chi connectivity index (χ1v) is 13.3. The molecule has 0 unspecified atom stereocenters. The summed E-state index contributed by atoms with van der Waals surface area (Å²) in [6, 6.07) is 3.72. The molecular weight excluding hydrogens is 476 g/mol. The number of fused-ring (bicyclic) bond motifs is 1. The van der Waals surface area contributed by atoms with E-state index in [4.69, 9.17) is 11.6 Å². The van der Waals surface area contributed by atoms with Crippen LogP contribution in [0.25, 0.3) is 10.9 Å². The van der Waals surface area contributed by atoms with Crippen LogP contribution in [0, 0.1) is 12.3 Å². The maximum Gasteiger partial charge on any atom is 0.256 e. The number of piperidine rings is 1. The lowest BCUT2D eigenvalue weighted by Crippen LogP contribution is -2.61. The lowest BCUT2D eigenvalue weighted by Gasteiger charge is -2.39. The standard InChI is InChI=1S/C28H35ClN4O3/c1-5-23(35)32-13-20(14-32)30-22(34)15-33-25-17(2)11-19(29)12-21(25)24(26(33)18-7-8-18)27(36)31-10-6-9-28(3,4)16-31/h5,11-12,18,20H,1,6-10,13-16H2,2-4H3,(H,30,34). The maximum absolute atomic E-state index is 14.1. The predicted octanol–water partition coefficient (Wildman–Crippen LogP) is 4.26. The van der Waals surface area contributed by atoms with E-state index in [0.717, 1.165) is 66.5 Å². The van der Waals surface area contributed by atoms with Crippen molar-refractivity contribution >= 4 is 40.2 Å². The summed E-state index contributed by atoms with van der Waals surface area (Å²) in [6.45, 7) is 12.5. The summed E-state index contributed by atoms with van der Waals surface area (Å²) in [5.74, 6) is 0.0824. The van der Waals surface area contributed by atoms with Crippen LogP contribution >= 0.6 is 11.6 Å². The van der Waals surface area contributed by atoms with Crippen molar-refractivity contribution in [3.63, 3.8) is 0 Å². The zero-order valence-corrected chi connectivity index (χ0v) is 22.2. The molecule has 0 bridgehead atoms. The molecule has 8 heteroatoms. The molecule has 1 N–H and O–H groups in total. The molecule has 3 amide bonds. The summed E-state index contributed by atoms with van der Waals surface area (Å²) in [7, 11) is 0. The number of carbonyl (C=O) groups is 3. The van der Waals surface area contributed by atoms with Crippen molar-refractivity contribution in [1.29, 1.82) is 0 Å². The third-order valence-corrected chi connectivity index (χ3v) is 7.97. The van der Waals surface area contributed by atoms with Crippen LogP contribution in [0.3, 0.4) is 0 Å². The number of nitrogens with zero attached hydrogens (tertiary/aromatic N) is 3. The Morgan fingerprint density at radius 1 is 1.19 bits per heavy atom. The quantitative estimate of drug-likeness (QED) is 0.590. The normalized spacial score (nSPS) is 19.8. The Hall–Kier alpha value is -2.80. The smallest absolute Gasteiger partial charge is 0.256 e. The fraction of sp³-hybridized carbons (Fsp3) is 0.536. The highest BCUT2D eigenvalue weighted by Crippen LogP contribution is 2.46. The highest BCUT2D eigenvalue weighted by Gasteiger charge is 2.39. The first-order valence-electron chi connectivity index (χ1n) is 12.9. The number of carbonyl (C=O) groups excluding carboxylic acids is 3. The van der Waals surface area contributed by atoms with Crippen LogP contribution < -0.4 is 5.32 Å². The van der Waals surface area contributed by atoms with Crippen LogP contribution in [0.2, 0.25) is 5.02 Å². The van der Waals surface area contributed by atoms with Crippen LogP contribution in [0.1, 0.15) is 67.1 Å². The Bertz CT molecular complexity index is 1250. The summed E-state index contributed by atoms with van der Waals surface area (Å²) in [5, 5.41) is 4.50. The maximum atomic E-state index is 14.1. The minimum absolute atomic E-state index is 0.0491. The third-order valence-electron chi connectivity index (χ3n) is 7.75. The van der Waals surface area contributed by atoms with Gasteiger partial charge in [0, 0.05) is 48.2 Å². The molecule has 3 heterocycles. The Labute approximate surface area is 217 Å². The molecule has 1 saturated carbocycles. The van der Waals surface area contributed by atoms with E-state index in [1.165, 1.54) is 6.08 Å². The van der Waals surface area contributed by atoms with Crippen LogP contribution in [0.4, 0.5) is 0 Å². The first-order chi connectivity index (χ1) is 17.1. The average Bonchev–Trinajstić information content (AvgIpc) is 3.57. The van der Waals surface area contributed by atoms with Crippen LogP contribution in [-0.2, 0) is 16.1 Å². The van der Waals surface area contributed by atoms with Gasteiger partial charge < -0.3 is 19.7 Å². The number of hydrogen-bond acceptors (Lipinski definition) is 3. The molecular formula is C28H35ClN4O3. The minimum Gasteiger partial charge on any atom is -0.348 e. The van der Waals surface area contributed by atoms with Crippen molar-refractivity contribution in [3.05, 3.63) is 46.6 Å². The van der Waals surface area contributed by atoms with Crippen molar-refractivity contribution in [2.24, 2.45) is 5.41 Å². The van der Waals surface area contributed by atoms with Crippen molar-refractivity contribution in [2.45, 2.75) is 65.0 Å². The van der Waals surface area contributed by atoms with E-state index in [9.17, 15) is 14.4 Å². The molecule has 3 aliphatic rings. The molecule has 2 saturated heterocycles. The topological polar surface area (TPSA) is 74.6 Å². The summed E-state index contributed by atoms with van der Waals surface area (Å²) in [6.07, 6.45) is 5.42. The van der Waals surface area contributed by atoms with Gasteiger partial charge in [-0.2, -0.15) is 0 Å². The Morgan fingerprint density at radius 3 is 2.56 bits per heavy atom.